The molecule has 0 saturated carbocycles. The highest BCUT2D eigenvalue weighted by Crippen LogP contribution is 2.32. The molecule has 112 valence electrons. The Balaban J connectivity index is 2.19. The van der Waals surface area contributed by atoms with Crippen molar-refractivity contribution in [3.8, 4) is 0 Å². The van der Waals surface area contributed by atoms with Gasteiger partial charge < -0.3 is 16.4 Å². The highest BCUT2D eigenvalue weighted by molar-refractivity contribution is 7.18. The molecule has 0 fully saturated rings. The second-order valence-corrected chi connectivity index (χ2v) is 6.02. The summed E-state index contributed by atoms with van der Waals surface area (Å²) in [4.78, 5) is 16.7. The highest BCUT2D eigenvalue weighted by Gasteiger charge is 2.18. The van der Waals surface area contributed by atoms with Crippen molar-refractivity contribution in [1.29, 1.82) is 0 Å². The molecule has 1 aromatic heterocycles. The van der Waals surface area contributed by atoms with E-state index >= 15 is 0 Å². The van der Waals surface area contributed by atoms with Gasteiger partial charge in [0.25, 0.3) is 5.91 Å². The summed E-state index contributed by atoms with van der Waals surface area (Å²) in [5.74, 6) is -0.205. The van der Waals surface area contributed by atoms with Crippen molar-refractivity contribution in [2.24, 2.45) is 0 Å². The molecule has 8 heteroatoms. The fourth-order valence-corrected chi connectivity index (χ4v) is 2.89. The van der Waals surface area contributed by atoms with Crippen LogP contribution in [0.5, 0.6) is 0 Å². The van der Waals surface area contributed by atoms with Crippen LogP contribution in [0, 0.1) is 0 Å². The second-order valence-electron chi connectivity index (χ2n) is 4.21. The molecule has 0 aliphatic heterocycles. The van der Waals surface area contributed by atoms with E-state index in [2.05, 4.69) is 15.6 Å². The number of halogens is 2. The predicted molar refractivity (Wildman–Crippen MR) is 89.7 cm³/mol. The Morgan fingerprint density at radius 3 is 2.67 bits per heavy atom. The lowest BCUT2D eigenvalue weighted by atomic mass is 10.3. The van der Waals surface area contributed by atoms with Crippen molar-refractivity contribution in [2.75, 3.05) is 22.9 Å². The number of benzene rings is 1. The van der Waals surface area contributed by atoms with Crippen LogP contribution in [-0.4, -0.2) is 17.4 Å². The van der Waals surface area contributed by atoms with Gasteiger partial charge in [-0.2, -0.15) is 0 Å². The summed E-state index contributed by atoms with van der Waals surface area (Å²) in [5, 5.41) is 7.10. The molecule has 4 N–H and O–H groups in total. The van der Waals surface area contributed by atoms with Gasteiger partial charge in [-0.3, -0.25) is 4.79 Å². The number of hydrogen-bond acceptors (Lipinski definition) is 5. The van der Waals surface area contributed by atoms with Crippen LogP contribution in [0.2, 0.25) is 10.0 Å². The van der Waals surface area contributed by atoms with Crippen LogP contribution in [-0.2, 0) is 0 Å². The number of nitrogens with two attached hydrogens (primary N) is 1. The quantitative estimate of drug-likeness (QED) is 0.762. The molecule has 21 heavy (non-hydrogen) atoms. The molecule has 1 aromatic carbocycles. The summed E-state index contributed by atoms with van der Waals surface area (Å²) in [6.45, 7) is 2.81. The summed E-state index contributed by atoms with van der Waals surface area (Å²) in [6.07, 6.45) is 0.955. The lowest BCUT2D eigenvalue weighted by Crippen LogP contribution is -2.12. The minimum atomic E-state index is -0.385. The maximum absolute atomic E-state index is 12.3. The van der Waals surface area contributed by atoms with E-state index in [1.54, 1.807) is 18.2 Å². The van der Waals surface area contributed by atoms with Crippen molar-refractivity contribution in [3.63, 3.8) is 0 Å². The standard InChI is InChI=1S/C13H14Cl2N4OS/c1-2-6-17-13-19-11(16)10(21-13)12(20)18-9-7(14)4-3-5-8(9)15/h3-5H,2,6,16H2,1H3,(H,17,19)(H,18,20). The molecular weight excluding hydrogens is 331 g/mol. The van der Waals surface area contributed by atoms with Crippen LogP contribution >= 0.6 is 34.5 Å². The lowest BCUT2D eigenvalue weighted by Gasteiger charge is -2.07. The fraction of sp³-hybridized carbons (Fsp3) is 0.231. The third kappa shape index (κ3) is 3.78. The van der Waals surface area contributed by atoms with Gasteiger partial charge in [-0.1, -0.05) is 47.5 Å². The smallest absolute Gasteiger partial charge is 0.269 e. The molecule has 1 amide bonds. The first kappa shape index (κ1) is 15.9. The molecule has 0 saturated heterocycles. The molecule has 0 aliphatic rings. The van der Waals surface area contributed by atoms with Crippen LogP contribution in [0.4, 0.5) is 16.6 Å². The molecule has 0 bridgehead atoms. The highest BCUT2D eigenvalue weighted by atomic mass is 35.5. The third-order valence-corrected chi connectivity index (χ3v) is 4.24. The average molecular weight is 345 g/mol. The van der Waals surface area contributed by atoms with E-state index < -0.39 is 0 Å². The topological polar surface area (TPSA) is 80.0 Å². The molecule has 0 spiro atoms. The molecule has 0 atom stereocenters. The Morgan fingerprint density at radius 2 is 2.05 bits per heavy atom. The van der Waals surface area contributed by atoms with Crippen LogP contribution in [0.1, 0.15) is 23.0 Å². The largest absolute Gasteiger partial charge is 0.382 e. The van der Waals surface area contributed by atoms with Gasteiger partial charge in [0.1, 0.15) is 10.7 Å². The van der Waals surface area contributed by atoms with Gasteiger partial charge in [-0.05, 0) is 18.6 Å². The molecule has 2 aromatic rings. The zero-order chi connectivity index (χ0) is 15.4. The number of carbonyl (C=O) groups is 1. The van der Waals surface area contributed by atoms with E-state index in [9.17, 15) is 4.79 Å². The van der Waals surface area contributed by atoms with Crippen molar-refractivity contribution in [1.82, 2.24) is 4.98 Å². The molecule has 0 aliphatic carbocycles. The number of carbonyl (C=O) groups excluding carboxylic acids is 1. The Labute approximate surface area is 136 Å². The minimum absolute atomic E-state index is 0.180. The van der Waals surface area contributed by atoms with E-state index in [0.717, 1.165) is 13.0 Å². The summed E-state index contributed by atoms with van der Waals surface area (Å²) in [5.41, 5.74) is 6.14. The van der Waals surface area contributed by atoms with Gasteiger partial charge in [0.2, 0.25) is 0 Å². The molecule has 2 rings (SSSR count). The molecular formula is C13H14Cl2N4OS. The molecule has 0 unspecified atom stereocenters. The minimum Gasteiger partial charge on any atom is -0.382 e. The zero-order valence-electron chi connectivity index (χ0n) is 11.2. The number of thiazole rings is 1. The predicted octanol–water partition coefficient (Wildman–Crippen LogP) is 4.11. The summed E-state index contributed by atoms with van der Waals surface area (Å²) in [7, 11) is 0. The lowest BCUT2D eigenvalue weighted by molar-refractivity contribution is 0.103. The third-order valence-electron chi connectivity index (χ3n) is 2.59. The molecule has 1 heterocycles. The Morgan fingerprint density at radius 1 is 1.38 bits per heavy atom. The summed E-state index contributed by atoms with van der Waals surface area (Å²) < 4.78 is 0. The first-order valence-electron chi connectivity index (χ1n) is 6.28. The SMILES string of the molecule is CCCNc1nc(N)c(C(=O)Nc2c(Cl)cccc2Cl)s1. The van der Waals surface area contributed by atoms with Crippen molar-refractivity contribution >= 4 is 57.1 Å². The van der Waals surface area contributed by atoms with Gasteiger partial charge in [-0.15, -0.1) is 0 Å². The van der Waals surface area contributed by atoms with Crippen LogP contribution in [0.25, 0.3) is 0 Å². The average Bonchev–Trinajstić information content (AvgIpc) is 2.82. The molecule has 0 radical (unpaired) electrons. The van der Waals surface area contributed by atoms with Gasteiger partial charge in [0.15, 0.2) is 5.13 Å². The van der Waals surface area contributed by atoms with E-state index in [4.69, 9.17) is 28.9 Å². The van der Waals surface area contributed by atoms with Gasteiger partial charge in [0, 0.05) is 6.54 Å². The summed E-state index contributed by atoms with van der Waals surface area (Å²) >= 11 is 13.2. The number of nitrogen functional groups attached to an aromatic ring is 1. The van der Waals surface area contributed by atoms with E-state index in [-0.39, 0.29) is 11.7 Å². The van der Waals surface area contributed by atoms with Gasteiger partial charge in [-0.25, -0.2) is 4.98 Å². The number of nitrogens with one attached hydrogen (secondary N) is 2. The number of amides is 1. The maximum atomic E-state index is 12.3. The number of rotatable bonds is 5. The van der Waals surface area contributed by atoms with Gasteiger partial charge in [0.05, 0.1) is 15.7 Å². The van der Waals surface area contributed by atoms with Crippen LogP contribution in [0.15, 0.2) is 18.2 Å². The number of anilines is 3. The first-order valence-corrected chi connectivity index (χ1v) is 7.85. The second kappa shape index (κ2) is 6.98. The summed E-state index contributed by atoms with van der Waals surface area (Å²) in [6, 6.07) is 4.99. The number of hydrogen-bond donors (Lipinski definition) is 3. The zero-order valence-corrected chi connectivity index (χ0v) is 13.6. The van der Waals surface area contributed by atoms with Crippen LogP contribution < -0.4 is 16.4 Å². The normalized spacial score (nSPS) is 10.4. The number of para-hydroxylation sites is 1. The van der Waals surface area contributed by atoms with Crippen molar-refractivity contribution in [2.45, 2.75) is 13.3 Å². The van der Waals surface area contributed by atoms with Crippen molar-refractivity contribution < 1.29 is 4.79 Å². The Bertz CT molecular complexity index is 639. The van der Waals surface area contributed by atoms with Gasteiger partial charge >= 0.3 is 0 Å². The fourth-order valence-electron chi connectivity index (χ4n) is 1.59. The number of aromatic nitrogens is 1. The monoisotopic (exact) mass is 344 g/mol. The Kier molecular flexibility index (Phi) is 5.27. The molecule has 5 nitrogen and oxygen atoms in total. The van der Waals surface area contributed by atoms with E-state index in [1.807, 2.05) is 6.92 Å². The van der Waals surface area contributed by atoms with Crippen molar-refractivity contribution in [3.05, 3.63) is 33.1 Å². The van der Waals surface area contributed by atoms with E-state index in [0.29, 0.717) is 25.7 Å². The first-order chi connectivity index (χ1) is 10.0. The van der Waals surface area contributed by atoms with Crippen LogP contribution in [0.3, 0.4) is 0 Å². The number of nitrogens with zero attached hydrogens (tertiary/aromatic N) is 1. The van der Waals surface area contributed by atoms with E-state index in [1.165, 1.54) is 11.3 Å². The maximum Gasteiger partial charge on any atom is 0.269 e. The Hall–Kier alpha value is -1.50.